The number of hydrogen-bond donors (Lipinski definition) is 0. The predicted octanol–water partition coefficient (Wildman–Crippen LogP) is 12.3. The van der Waals surface area contributed by atoms with Gasteiger partial charge >= 0.3 is 11.4 Å². The van der Waals surface area contributed by atoms with Gasteiger partial charge in [-0.15, -0.1) is 0 Å². The molecule has 6 aromatic carbocycles. The molecule has 0 aromatic heterocycles. The average molecular weight is 851 g/mol. The summed E-state index contributed by atoms with van der Waals surface area (Å²) in [5.74, 6) is 0.0793. The van der Waals surface area contributed by atoms with E-state index < -0.39 is 36.0 Å². The van der Waals surface area contributed by atoms with E-state index in [0.717, 1.165) is 28.8 Å². The molecular weight excluding hydrogens is 804 g/mol. The van der Waals surface area contributed by atoms with Crippen molar-refractivity contribution in [3.8, 4) is 0 Å². The fourth-order valence-corrected chi connectivity index (χ4v) is 7.36. The molecule has 0 saturated carbocycles. The van der Waals surface area contributed by atoms with E-state index >= 15 is 0 Å². The van der Waals surface area contributed by atoms with Gasteiger partial charge in [0.25, 0.3) is 9.84 Å². The summed E-state index contributed by atoms with van der Waals surface area (Å²) in [5.41, 5.74) is 7.26. The first kappa shape index (κ1) is 47.9. The number of halogens is 5. The smallest absolute Gasteiger partial charge is 0.289 e. The van der Waals surface area contributed by atoms with Crippen molar-refractivity contribution in [1.29, 1.82) is 0 Å². The molecule has 0 amide bonds. The van der Waals surface area contributed by atoms with Crippen LogP contribution in [0.25, 0.3) is 0 Å². The standard InChI is InChI=1S/C14H12O.C13H12O2S.C11H16.C9H7F5O2S/c1-11-7-9-13(10-8-11)14(15)12-5-3-2-4-6-12;1-11-7-9-13(10-8-11)16(14,15)12-5-3-2-4-6-12;1-9-5-7-10(8-6-9)11(2,3)4;1-6-2-4-7(5-3-6)17(15,16)9(13,14)8(10,11)12/h2-10H,1H3;2-10H,1H3;5-8H,1-4H3;2-5H,1H3. The maximum absolute atomic E-state index is 12.8. The van der Waals surface area contributed by atoms with E-state index in [-0.39, 0.29) is 11.2 Å². The highest BCUT2D eigenvalue weighted by Gasteiger charge is 2.67. The normalized spacial score (nSPS) is 11.7. The van der Waals surface area contributed by atoms with Gasteiger partial charge in [0.2, 0.25) is 9.84 Å². The maximum atomic E-state index is 12.8. The minimum atomic E-state index is -6.14. The number of aryl methyl sites for hydroxylation is 4. The lowest BCUT2D eigenvalue weighted by Gasteiger charge is -2.19. The zero-order chi connectivity index (χ0) is 44.2. The fraction of sp³-hybridized carbons (Fsp3) is 0.213. The molecule has 0 aliphatic rings. The molecule has 0 saturated heterocycles. The van der Waals surface area contributed by atoms with Crippen LogP contribution in [0, 0.1) is 27.7 Å². The number of carbonyl (C=O) groups is 1. The Morgan fingerprint density at radius 1 is 0.424 bits per heavy atom. The second-order valence-electron chi connectivity index (χ2n) is 14.6. The molecule has 0 spiro atoms. The van der Waals surface area contributed by atoms with Crippen LogP contribution in [0.15, 0.2) is 172 Å². The van der Waals surface area contributed by atoms with Crippen LogP contribution in [-0.4, -0.2) is 34.0 Å². The molecule has 0 unspecified atom stereocenters. The van der Waals surface area contributed by atoms with Crippen molar-refractivity contribution in [3.05, 3.63) is 197 Å². The van der Waals surface area contributed by atoms with E-state index in [1.165, 1.54) is 23.6 Å². The maximum Gasteiger partial charge on any atom is 0.469 e. The third kappa shape index (κ3) is 13.3. The molecule has 0 bridgehead atoms. The molecule has 5 nitrogen and oxygen atoms in total. The number of alkyl halides is 5. The highest BCUT2D eigenvalue weighted by Crippen LogP contribution is 2.43. The zero-order valence-corrected chi connectivity index (χ0v) is 35.4. The summed E-state index contributed by atoms with van der Waals surface area (Å²) in [4.78, 5) is 11.6. The number of ketones is 1. The van der Waals surface area contributed by atoms with Crippen molar-refractivity contribution >= 4 is 25.5 Å². The Bertz CT molecular complexity index is 2460. The van der Waals surface area contributed by atoms with E-state index in [0.29, 0.717) is 27.5 Å². The summed E-state index contributed by atoms with van der Waals surface area (Å²) in [6.45, 7) is 14.3. The fourth-order valence-electron chi connectivity index (χ4n) is 4.99. The lowest BCUT2D eigenvalue weighted by atomic mass is 9.87. The molecule has 312 valence electrons. The first-order valence-corrected chi connectivity index (χ1v) is 21.2. The van der Waals surface area contributed by atoms with Gasteiger partial charge in [0.1, 0.15) is 0 Å². The van der Waals surface area contributed by atoms with E-state index in [2.05, 4.69) is 52.0 Å². The Morgan fingerprint density at radius 3 is 1.14 bits per heavy atom. The summed E-state index contributed by atoms with van der Waals surface area (Å²) < 4.78 is 108. The second kappa shape index (κ2) is 20.0. The molecule has 59 heavy (non-hydrogen) atoms. The van der Waals surface area contributed by atoms with Crippen molar-refractivity contribution in [2.24, 2.45) is 0 Å². The van der Waals surface area contributed by atoms with Crippen LogP contribution >= 0.6 is 0 Å². The Labute approximate surface area is 344 Å². The van der Waals surface area contributed by atoms with Crippen LogP contribution in [0.1, 0.15) is 64.5 Å². The number of rotatable bonds is 6. The van der Waals surface area contributed by atoms with Crippen LogP contribution in [0.5, 0.6) is 0 Å². The quantitative estimate of drug-likeness (QED) is 0.123. The van der Waals surface area contributed by atoms with Crippen molar-refractivity contribution in [1.82, 2.24) is 0 Å². The van der Waals surface area contributed by atoms with Gasteiger partial charge in [-0.3, -0.25) is 4.79 Å². The molecule has 0 heterocycles. The highest BCUT2D eigenvalue weighted by atomic mass is 32.2. The van der Waals surface area contributed by atoms with Gasteiger partial charge in [0.05, 0.1) is 14.7 Å². The summed E-state index contributed by atoms with van der Waals surface area (Å²) in [6.07, 6.45) is -6.14. The van der Waals surface area contributed by atoms with Crippen LogP contribution in [-0.2, 0) is 25.1 Å². The number of carbonyl (C=O) groups excluding carboxylic acids is 1. The molecule has 6 aromatic rings. The molecular formula is C47H47F5O5S2. The van der Waals surface area contributed by atoms with E-state index in [1.54, 1.807) is 54.6 Å². The van der Waals surface area contributed by atoms with Crippen LogP contribution in [0.4, 0.5) is 22.0 Å². The molecule has 0 aliphatic heterocycles. The van der Waals surface area contributed by atoms with Crippen LogP contribution in [0.3, 0.4) is 0 Å². The van der Waals surface area contributed by atoms with Gasteiger partial charge in [-0.05, 0) is 75.1 Å². The molecule has 0 radical (unpaired) electrons. The third-order valence-corrected chi connectivity index (χ3v) is 12.2. The Kier molecular flexibility index (Phi) is 16.2. The van der Waals surface area contributed by atoms with Gasteiger partial charge in [-0.1, -0.05) is 164 Å². The number of hydrogen-bond acceptors (Lipinski definition) is 5. The number of sulfone groups is 2. The van der Waals surface area contributed by atoms with Gasteiger partial charge in [-0.25, -0.2) is 16.8 Å². The molecule has 6 rings (SSSR count). The van der Waals surface area contributed by atoms with E-state index in [4.69, 9.17) is 0 Å². The Balaban J connectivity index is 0.000000212. The van der Waals surface area contributed by atoms with Crippen molar-refractivity contribution in [2.75, 3.05) is 0 Å². The third-order valence-electron chi connectivity index (χ3n) is 8.65. The summed E-state index contributed by atoms with van der Waals surface area (Å²) in [7, 11) is -9.13. The molecule has 0 N–H and O–H groups in total. The van der Waals surface area contributed by atoms with E-state index in [9.17, 15) is 43.6 Å². The SMILES string of the molecule is Cc1ccc(C(=O)c2ccccc2)cc1.Cc1ccc(C(C)(C)C)cc1.Cc1ccc(S(=O)(=O)C(F)(F)C(F)(F)F)cc1.Cc1ccc(S(=O)(=O)c2ccccc2)cc1. The van der Waals surface area contributed by atoms with Gasteiger partial charge in [-0.2, -0.15) is 22.0 Å². The average Bonchev–Trinajstić information content (AvgIpc) is 3.19. The van der Waals surface area contributed by atoms with Crippen LogP contribution in [0.2, 0.25) is 0 Å². The Hall–Kier alpha value is -5.46. The molecule has 0 fully saturated rings. The largest absolute Gasteiger partial charge is 0.469 e. The highest BCUT2D eigenvalue weighted by molar-refractivity contribution is 7.92. The zero-order valence-electron chi connectivity index (χ0n) is 33.8. The minimum Gasteiger partial charge on any atom is -0.289 e. The van der Waals surface area contributed by atoms with Crippen molar-refractivity contribution < 1.29 is 43.6 Å². The lowest BCUT2D eigenvalue weighted by molar-refractivity contribution is -0.241. The molecule has 12 heteroatoms. The minimum absolute atomic E-state index is 0.0793. The Morgan fingerprint density at radius 2 is 0.746 bits per heavy atom. The van der Waals surface area contributed by atoms with Crippen LogP contribution < -0.4 is 0 Å². The summed E-state index contributed by atoms with van der Waals surface area (Å²) in [5, 5.41) is -5.80. The van der Waals surface area contributed by atoms with Gasteiger partial charge in [0.15, 0.2) is 5.78 Å². The molecule has 0 atom stereocenters. The van der Waals surface area contributed by atoms with Gasteiger partial charge < -0.3 is 0 Å². The lowest BCUT2D eigenvalue weighted by Crippen LogP contribution is -2.43. The second-order valence-corrected chi connectivity index (χ2v) is 18.6. The van der Waals surface area contributed by atoms with Crippen molar-refractivity contribution in [3.63, 3.8) is 0 Å². The van der Waals surface area contributed by atoms with E-state index in [1.807, 2.05) is 68.4 Å². The van der Waals surface area contributed by atoms with Gasteiger partial charge in [0, 0.05) is 11.1 Å². The molecule has 0 aliphatic carbocycles. The van der Waals surface area contributed by atoms with Crippen molar-refractivity contribution in [2.45, 2.75) is 80.0 Å². The first-order valence-electron chi connectivity index (χ1n) is 18.2. The monoisotopic (exact) mass is 850 g/mol. The predicted molar refractivity (Wildman–Crippen MR) is 223 cm³/mol. The number of benzene rings is 6. The summed E-state index contributed by atoms with van der Waals surface area (Å²) >= 11 is 0. The topological polar surface area (TPSA) is 85.3 Å². The summed E-state index contributed by atoms with van der Waals surface area (Å²) in [6, 6.07) is 44.8. The first-order chi connectivity index (χ1) is 27.4.